The Labute approximate surface area is 183 Å². The maximum atomic E-state index is 14.9. The van der Waals surface area contributed by atoms with Gasteiger partial charge in [0, 0.05) is 11.1 Å². The lowest BCUT2D eigenvalue weighted by Crippen LogP contribution is -2.11. The van der Waals surface area contributed by atoms with Gasteiger partial charge in [-0.3, -0.25) is 4.79 Å². The summed E-state index contributed by atoms with van der Waals surface area (Å²) in [7, 11) is -2.70. The van der Waals surface area contributed by atoms with Crippen molar-refractivity contribution in [2.45, 2.75) is 23.1 Å². The third-order valence-electron chi connectivity index (χ3n) is 5.01. The van der Waals surface area contributed by atoms with Crippen molar-refractivity contribution in [1.82, 2.24) is 0 Å². The molecular weight excluding hydrogens is 440 g/mol. The highest BCUT2D eigenvalue weighted by Gasteiger charge is 2.23. The van der Waals surface area contributed by atoms with Crippen molar-refractivity contribution in [3.8, 4) is 16.9 Å². The van der Waals surface area contributed by atoms with Gasteiger partial charge in [0.1, 0.15) is 22.3 Å². The van der Waals surface area contributed by atoms with Gasteiger partial charge in [0.15, 0.2) is 0 Å². The first-order valence-corrected chi connectivity index (χ1v) is 11.0. The molecule has 0 aliphatic rings. The molecule has 1 amide bonds. The van der Waals surface area contributed by atoms with E-state index in [4.69, 9.17) is 4.74 Å². The van der Waals surface area contributed by atoms with Crippen molar-refractivity contribution in [3.63, 3.8) is 0 Å². The van der Waals surface area contributed by atoms with E-state index in [9.17, 15) is 26.9 Å². The second-order valence-electron chi connectivity index (χ2n) is 7.16. The van der Waals surface area contributed by atoms with Gasteiger partial charge in [0.2, 0.25) is 9.84 Å². The number of carbonyl (C=O) groups is 1. The van der Waals surface area contributed by atoms with E-state index in [0.717, 1.165) is 18.2 Å². The zero-order valence-corrected chi connectivity index (χ0v) is 18.0. The molecule has 0 spiro atoms. The van der Waals surface area contributed by atoms with E-state index in [1.165, 1.54) is 56.5 Å². The number of hydrogen-bond donors (Lipinski definition) is 0. The average molecular weight is 459 g/mol. The topological polar surface area (TPSA) is 89.9 Å². The van der Waals surface area contributed by atoms with E-state index in [1.54, 1.807) is 0 Å². The number of halogens is 2. The first kappa shape index (κ1) is 23.2. The second-order valence-corrected chi connectivity index (χ2v) is 9.08. The zero-order valence-electron chi connectivity index (χ0n) is 17.2. The molecule has 0 radical (unpaired) electrons. The molecule has 0 bridgehead atoms. The number of methoxy groups -OCH3 is 1. The summed E-state index contributed by atoms with van der Waals surface area (Å²) < 4.78 is 59.6. The Morgan fingerprint density at radius 2 is 1.72 bits per heavy atom. The smallest absolute Gasteiger partial charge is 0.289 e. The fourth-order valence-corrected chi connectivity index (χ4v) is 4.58. The van der Waals surface area contributed by atoms with Crippen LogP contribution < -0.4 is 4.74 Å². The molecule has 0 heterocycles. The van der Waals surface area contributed by atoms with Gasteiger partial charge in [-0.2, -0.15) is 0 Å². The van der Waals surface area contributed by atoms with Crippen molar-refractivity contribution >= 4 is 15.7 Å². The number of amides is 1. The molecule has 0 fully saturated rings. The van der Waals surface area contributed by atoms with Crippen molar-refractivity contribution in [2.75, 3.05) is 7.11 Å². The van der Waals surface area contributed by atoms with Crippen LogP contribution in [0.4, 0.5) is 8.78 Å². The first-order chi connectivity index (χ1) is 15.2. The number of hydrogen-bond acceptors (Lipinski definition) is 5. The summed E-state index contributed by atoms with van der Waals surface area (Å²) in [6.45, 7) is 1.50. The minimum atomic E-state index is -4.14. The molecule has 0 aliphatic heterocycles. The van der Waals surface area contributed by atoms with Gasteiger partial charge < -0.3 is 4.74 Å². The predicted octanol–water partition coefficient (Wildman–Crippen LogP) is 4.94. The van der Waals surface area contributed by atoms with Gasteiger partial charge in [0.05, 0.1) is 12.0 Å². The maximum Gasteiger partial charge on any atom is 0.289 e. The molecule has 0 unspecified atom stereocenters. The van der Waals surface area contributed by atoms with Crippen molar-refractivity contribution < 1.29 is 26.7 Å². The van der Waals surface area contributed by atoms with Crippen LogP contribution in [0.5, 0.6) is 5.75 Å². The molecular formula is C23H19F2NO5S. The molecule has 0 aromatic heterocycles. The molecule has 32 heavy (non-hydrogen) atoms. The normalized spacial score (nSPS) is 12.2. The van der Waals surface area contributed by atoms with E-state index in [0.29, 0.717) is 11.3 Å². The quantitative estimate of drug-likeness (QED) is 0.467. The summed E-state index contributed by atoms with van der Waals surface area (Å²) in [6.07, 6.45) is 0.0771. The number of carbonyl (C=O) groups excluding carboxylic acids is 1. The monoisotopic (exact) mass is 459 g/mol. The number of nitrogens with zero attached hydrogens (tertiary/aromatic N) is 1. The molecule has 9 heteroatoms. The van der Waals surface area contributed by atoms with E-state index in [2.05, 4.69) is 5.18 Å². The molecule has 3 aromatic rings. The summed E-state index contributed by atoms with van der Waals surface area (Å²) >= 11 is 0. The molecule has 0 saturated carbocycles. The standard InChI is InChI=1S/C23H19F2NO5S/c1-14(23(27)26-28)11-15-3-5-17(24)13-20(15)16-4-10-22(21(25)12-16)32(29,30)19-8-6-18(31-2)7-9-19/h3-10,12-14H,11H2,1-2H3/t14-/m1/s1. The van der Waals surface area contributed by atoms with Gasteiger partial charge in [-0.1, -0.05) is 19.1 Å². The minimum Gasteiger partial charge on any atom is -0.497 e. The lowest BCUT2D eigenvalue weighted by atomic mass is 9.92. The largest absolute Gasteiger partial charge is 0.497 e. The Kier molecular flexibility index (Phi) is 6.78. The highest BCUT2D eigenvalue weighted by atomic mass is 32.2. The Bertz CT molecular complexity index is 1270. The number of nitroso groups, excluding NO2 is 1. The molecule has 3 aromatic carbocycles. The fraction of sp³-hybridized carbons (Fsp3) is 0.174. The van der Waals surface area contributed by atoms with Gasteiger partial charge >= 0.3 is 0 Å². The van der Waals surface area contributed by atoms with E-state index in [-0.39, 0.29) is 22.4 Å². The maximum absolute atomic E-state index is 14.9. The third kappa shape index (κ3) is 4.72. The van der Waals surface area contributed by atoms with Crippen molar-refractivity contribution in [2.24, 2.45) is 11.1 Å². The highest BCUT2D eigenvalue weighted by molar-refractivity contribution is 7.91. The number of rotatable bonds is 7. The van der Waals surface area contributed by atoms with Gasteiger partial charge in [-0.05, 0) is 71.6 Å². The van der Waals surface area contributed by atoms with Crippen molar-refractivity contribution in [3.05, 3.63) is 82.8 Å². The zero-order chi connectivity index (χ0) is 23.5. The number of sulfone groups is 1. The third-order valence-corrected chi connectivity index (χ3v) is 6.81. The van der Waals surface area contributed by atoms with E-state index < -0.39 is 38.2 Å². The van der Waals surface area contributed by atoms with Crippen LogP contribution in [-0.2, 0) is 21.1 Å². The van der Waals surface area contributed by atoms with Crippen LogP contribution in [0.25, 0.3) is 11.1 Å². The van der Waals surface area contributed by atoms with Crippen LogP contribution in [0, 0.1) is 22.5 Å². The number of ether oxygens (including phenoxy) is 1. The number of benzene rings is 3. The Morgan fingerprint density at radius 1 is 1.03 bits per heavy atom. The van der Waals surface area contributed by atoms with Gasteiger partial charge in [-0.15, -0.1) is 4.91 Å². The first-order valence-electron chi connectivity index (χ1n) is 9.52. The Morgan fingerprint density at radius 3 is 2.31 bits per heavy atom. The fourth-order valence-electron chi connectivity index (χ4n) is 3.27. The van der Waals surface area contributed by atoms with Crippen LogP contribution >= 0.6 is 0 Å². The van der Waals surface area contributed by atoms with Crippen LogP contribution in [-0.4, -0.2) is 21.4 Å². The van der Waals surface area contributed by atoms with Crippen LogP contribution in [0.1, 0.15) is 12.5 Å². The minimum absolute atomic E-state index is 0.0771. The molecule has 1 atom stereocenters. The van der Waals surface area contributed by atoms with Crippen molar-refractivity contribution in [1.29, 1.82) is 0 Å². The van der Waals surface area contributed by atoms with Gasteiger partial charge in [0.25, 0.3) is 5.91 Å². The van der Waals surface area contributed by atoms with E-state index >= 15 is 0 Å². The molecule has 0 aliphatic carbocycles. The molecule has 3 rings (SSSR count). The predicted molar refractivity (Wildman–Crippen MR) is 114 cm³/mol. The lowest BCUT2D eigenvalue weighted by molar-refractivity contribution is -0.121. The average Bonchev–Trinajstić information content (AvgIpc) is 2.79. The summed E-state index contributed by atoms with van der Waals surface area (Å²) in [5, 5.41) is 2.40. The van der Waals surface area contributed by atoms with Crippen LogP contribution in [0.15, 0.2) is 75.6 Å². The van der Waals surface area contributed by atoms with Gasteiger partial charge in [-0.25, -0.2) is 17.2 Å². The van der Waals surface area contributed by atoms with Crippen LogP contribution in [0.2, 0.25) is 0 Å². The Balaban J connectivity index is 2.02. The SMILES string of the molecule is COc1ccc(S(=O)(=O)c2ccc(-c3cc(F)ccc3C[C@@H](C)C(=O)N=O)cc2F)cc1. The van der Waals surface area contributed by atoms with E-state index in [1.807, 2.05) is 0 Å². The summed E-state index contributed by atoms with van der Waals surface area (Å²) in [5.74, 6) is -2.75. The Hall–Kier alpha value is -3.46. The highest BCUT2D eigenvalue weighted by Crippen LogP contribution is 2.31. The molecule has 166 valence electrons. The molecule has 6 nitrogen and oxygen atoms in total. The lowest BCUT2D eigenvalue weighted by Gasteiger charge is -2.14. The second kappa shape index (κ2) is 9.35. The summed E-state index contributed by atoms with van der Waals surface area (Å²) in [6, 6.07) is 12.8. The summed E-state index contributed by atoms with van der Waals surface area (Å²) in [5.41, 5.74) is 0.994. The molecule has 0 saturated heterocycles. The molecule has 0 N–H and O–H groups in total. The van der Waals surface area contributed by atoms with Crippen LogP contribution in [0.3, 0.4) is 0 Å². The summed E-state index contributed by atoms with van der Waals surface area (Å²) in [4.78, 5) is 21.4.